The average molecular weight is 182 g/mol. The van der Waals surface area contributed by atoms with Gasteiger partial charge in [-0.05, 0) is 18.9 Å². The Balaban J connectivity index is 2.52. The van der Waals surface area contributed by atoms with Crippen LogP contribution in [0.1, 0.15) is 12.8 Å². The maximum absolute atomic E-state index is 11.9. The lowest BCUT2D eigenvalue weighted by Gasteiger charge is -2.25. The molecule has 0 amide bonds. The third kappa shape index (κ3) is 2.14. The molecule has 0 saturated heterocycles. The third-order valence-electron chi connectivity index (χ3n) is 1.65. The highest BCUT2D eigenvalue weighted by atomic mass is 19.4. The fourth-order valence-electron chi connectivity index (χ4n) is 0.996. The Hall–Kier alpha value is -0.710. The van der Waals surface area contributed by atoms with Crippen LogP contribution in [0.25, 0.3) is 0 Å². The molecule has 0 radical (unpaired) electrons. The second kappa shape index (κ2) is 3.35. The summed E-state index contributed by atoms with van der Waals surface area (Å²) in [6.45, 7) is 0. The van der Waals surface area contributed by atoms with E-state index in [9.17, 15) is 13.2 Å². The van der Waals surface area contributed by atoms with Gasteiger partial charge in [0.15, 0.2) is 6.10 Å². The smallest absolute Gasteiger partial charge is 0.418 e. The molecule has 2 atom stereocenters. The summed E-state index contributed by atoms with van der Waals surface area (Å²) >= 11 is 0. The Morgan fingerprint density at radius 3 is 2.58 bits per heavy atom. The summed E-state index contributed by atoms with van der Waals surface area (Å²) in [5.74, 6) is 0. The minimum Gasteiger partial charge on any atom is -0.495 e. The van der Waals surface area contributed by atoms with Crippen molar-refractivity contribution in [2.75, 3.05) is 0 Å². The lowest BCUT2D eigenvalue weighted by atomic mass is 10.1. The molecular weight excluding hydrogens is 173 g/mol. The number of halogens is 3. The van der Waals surface area contributed by atoms with Crippen LogP contribution in [0.15, 0.2) is 12.3 Å². The number of hydrogen-bond donors (Lipinski definition) is 1. The second-order valence-electron chi connectivity index (χ2n) is 2.61. The molecular formula is C7H9F3O2. The van der Waals surface area contributed by atoms with Crippen molar-refractivity contribution in [3.63, 3.8) is 0 Å². The monoisotopic (exact) mass is 182 g/mol. The van der Waals surface area contributed by atoms with Gasteiger partial charge in [-0.15, -0.1) is 0 Å². The summed E-state index contributed by atoms with van der Waals surface area (Å²) < 4.78 is 40.3. The van der Waals surface area contributed by atoms with E-state index in [1.54, 1.807) is 6.08 Å². The summed E-state index contributed by atoms with van der Waals surface area (Å²) in [5.41, 5.74) is 0. The molecule has 1 aliphatic rings. The first kappa shape index (κ1) is 9.38. The van der Waals surface area contributed by atoms with Crippen molar-refractivity contribution in [1.82, 2.24) is 0 Å². The Morgan fingerprint density at radius 1 is 1.50 bits per heavy atom. The Morgan fingerprint density at radius 2 is 2.17 bits per heavy atom. The summed E-state index contributed by atoms with van der Waals surface area (Å²) in [7, 11) is 0. The van der Waals surface area contributed by atoms with E-state index in [0.29, 0.717) is 6.42 Å². The second-order valence-corrected chi connectivity index (χ2v) is 2.61. The van der Waals surface area contributed by atoms with Crippen molar-refractivity contribution in [1.29, 1.82) is 0 Å². The van der Waals surface area contributed by atoms with E-state index in [4.69, 9.17) is 5.11 Å². The van der Waals surface area contributed by atoms with Gasteiger partial charge in [-0.3, -0.25) is 0 Å². The molecule has 0 aromatic heterocycles. The van der Waals surface area contributed by atoms with Crippen molar-refractivity contribution in [3.8, 4) is 0 Å². The molecule has 0 bridgehead atoms. The topological polar surface area (TPSA) is 29.5 Å². The average Bonchev–Trinajstić information content (AvgIpc) is 2.03. The SMILES string of the molecule is OC(C1CCC=CO1)C(F)(F)F. The summed E-state index contributed by atoms with van der Waals surface area (Å²) in [6.07, 6.45) is -4.56. The van der Waals surface area contributed by atoms with Crippen molar-refractivity contribution in [3.05, 3.63) is 12.3 Å². The van der Waals surface area contributed by atoms with Crippen LogP contribution in [-0.2, 0) is 4.74 Å². The zero-order valence-electron chi connectivity index (χ0n) is 6.21. The molecule has 70 valence electrons. The molecule has 1 heterocycles. The quantitative estimate of drug-likeness (QED) is 0.667. The maximum Gasteiger partial charge on any atom is 0.418 e. The van der Waals surface area contributed by atoms with Gasteiger partial charge < -0.3 is 9.84 Å². The standard InChI is InChI=1S/C7H9F3O2/c8-7(9,10)6(11)5-3-1-2-4-12-5/h2,4-6,11H,1,3H2. The summed E-state index contributed by atoms with van der Waals surface area (Å²) in [6, 6.07) is 0. The van der Waals surface area contributed by atoms with Crippen LogP contribution in [0, 0.1) is 0 Å². The van der Waals surface area contributed by atoms with Crippen molar-refractivity contribution >= 4 is 0 Å². The van der Waals surface area contributed by atoms with E-state index >= 15 is 0 Å². The highest BCUT2D eigenvalue weighted by Gasteiger charge is 2.44. The van der Waals surface area contributed by atoms with E-state index in [1.165, 1.54) is 6.26 Å². The minimum absolute atomic E-state index is 0.206. The molecule has 1 aliphatic heterocycles. The normalized spacial score (nSPS) is 26.5. The van der Waals surface area contributed by atoms with Gasteiger partial charge in [-0.1, -0.05) is 0 Å². The maximum atomic E-state index is 11.9. The number of ether oxygens (including phenoxy) is 1. The Bertz CT molecular complexity index is 176. The van der Waals surface area contributed by atoms with Crippen molar-refractivity contribution < 1.29 is 23.0 Å². The van der Waals surface area contributed by atoms with Gasteiger partial charge in [0.2, 0.25) is 0 Å². The molecule has 5 heteroatoms. The van der Waals surface area contributed by atoms with Crippen LogP contribution in [0.2, 0.25) is 0 Å². The lowest BCUT2D eigenvalue weighted by molar-refractivity contribution is -0.232. The van der Waals surface area contributed by atoms with E-state index in [1.807, 2.05) is 0 Å². The van der Waals surface area contributed by atoms with Crippen LogP contribution >= 0.6 is 0 Å². The first-order valence-corrected chi connectivity index (χ1v) is 3.57. The molecule has 0 spiro atoms. The highest BCUT2D eigenvalue weighted by molar-refractivity contribution is 4.87. The van der Waals surface area contributed by atoms with Gasteiger partial charge in [-0.2, -0.15) is 13.2 Å². The molecule has 12 heavy (non-hydrogen) atoms. The largest absolute Gasteiger partial charge is 0.495 e. The predicted octanol–water partition coefficient (Wildman–Crippen LogP) is 1.60. The molecule has 1 N–H and O–H groups in total. The first-order valence-electron chi connectivity index (χ1n) is 3.57. The van der Waals surface area contributed by atoms with Crippen LogP contribution in [0.5, 0.6) is 0 Å². The van der Waals surface area contributed by atoms with Crippen LogP contribution in [0.3, 0.4) is 0 Å². The molecule has 1 rings (SSSR count). The molecule has 0 fully saturated rings. The molecule has 2 unspecified atom stereocenters. The first-order chi connectivity index (χ1) is 5.52. The van der Waals surface area contributed by atoms with Crippen LogP contribution in [0.4, 0.5) is 13.2 Å². The van der Waals surface area contributed by atoms with Crippen LogP contribution < -0.4 is 0 Å². The lowest BCUT2D eigenvalue weighted by Crippen LogP contribution is -2.41. The molecule has 2 nitrogen and oxygen atoms in total. The van der Waals surface area contributed by atoms with E-state index in [-0.39, 0.29) is 6.42 Å². The molecule has 0 saturated carbocycles. The van der Waals surface area contributed by atoms with Crippen molar-refractivity contribution in [2.24, 2.45) is 0 Å². The van der Waals surface area contributed by atoms with Gasteiger partial charge in [-0.25, -0.2) is 0 Å². The third-order valence-corrected chi connectivity index (χ3v) is 1.65. The number of aliphatic hydroxyl groups excluding tert-OH is 1. The fraction of sp³-hybridized carbons (Fsp3) is 0.714. The highest BCUT2D eigenvalue weighted by Crippen LogP contribution is 2.27. The fourth-order valence-corrected chi connectivity index (χ4v) is 0.996. The van der Waals surface area contributed by atoms with Crippen LogP contribution in [-0.4, -0.2) is 23.5 Å². The van der Waals surface area contributed by atoms with Gasteiger partial charge in [0.05, 0.1) is 6.26 Å². The minimum atomic E-state index is -4.59. The van der Waals surface area contributed by atoms with Gasteiger partial charge >= 0.3 is 6.18 Å². The number of allylic oxidation sites excluding steroid dienone is 1. The Labute approximate surface area is 67.6 Å². The van der Waals surface area contributed by atoms with Gasteiger partial charge in [0.1, 0.15) is 6.10 Å². The van der Waals surface area contributed by atoms with Gasteiger partial charge in [0.25, 0.3) is 0 Å². The summed E-state index contributed by atoms with van der Waals surface area (Å²) in [5, 5.41) is 8.73. The van der Waals surface area contributed by atoms with E-state index in [0.717, 1.165) is 0 Å². The number of aliphatic hydroxyl groups is 1. The number of alkyl halides is 3. The Kier molecular flexibility index (Phi) is 2.62. The van der Waals surface area contributed by atoms with E-state index in [2.05, 4.69) is 4.74 Å². The number of hydrogen-bond acceptors (Lipinski definition) is 2. The number of rotatable bonds is 1. The predicted molar refractivity (Wildman–Crippen MR) is 35.3 cm³/mol. The molecule has 0 aliphatic carbocycles. The van der Waals surface area contributed by atoms with Crippen molar-refractivity contribution in [2.45, 2.75) is 31.2 Å². The zero-order chi connectivity index (χ0) is 9.19. The van der Waals surface area contributed by atoms with Gasteiger partial charge in [0, 0.05) is 0 Å². The van der Waals surface area contributed by atoms with E-state index < -0.39 is 18.4 Å². The zero-order valence-corrected chi connectivity index (χ0v) is 6.21. The summed E-state index contributed by atoms with van der Waals surface area (Å²) in [4.78, 5) is 0. The molecule has 0 aromatic rings. The molecule has 0 aromatic carbocycles.